The smallest absolute Gasteiger partial charge is 0.316 e. The van der Waals surface area contributed by atoms with Gasteiger partial charge in [0.15, 0.2) is 0 Å². The Balaban J connectivity index is 3.32. The molecule has 0 aliphatic carbocycles. The van der Waals surface area contributed by atoms with Crippen LogP contribution in [0.15, 0.2) is 10.9 Å². The molecule has 82 valence electrons. The summed E-state index contributed by atoms with van der Waals surface area (Å²) in [6.45, 7) is 2.90. The van der Waals surface area contributed by atoms with Crippen molar-refractivity contribution < 1.29 is 14.6 Å². The van der Waals surface area contributed by atoms with Crippen LogP contribution in [0.5, 0.6) is 5.88 Å². The molecule has 0 aliphatic rings. The van der Waals surface area contributed by atoms with E-state index >= 15 is 0 Å². The van der Waals surface area contributed by atoms with Crippen LogP contribution in [0.4, 0.5) is 0 Å². The van der Waals surface area contributed by atoms with Gasteiger partial charge in [0.25, 0.3) is 5.56 Å². The molecule has 1 heterocycles. The Morgan fingerprint density at radius 2 is 2.20 bits per heavy atom. The first-order chi connectivity index (χ1) is 6.87. The Labute approximate surface area is 85.9 Å². The molecule has 6 nitrogen and oxygen atoms in total. The van der Waals surface area contributed by atoms with Gasteiger partial charge in [-0.15, -0.1) is 0 Å². The highest BCUT2D eigenvalue weighted by Crippen LogP contribution is 2.19. The summed E-state index contributed by atoms with van der Waals surface area (Å²) in [6.07, 6.45) is 0. The number of aromatic amines is 1. The molecule has 1 aromatic heterocycles. The molecule has 0 atom stereocenters. The highest BCUT2D eigenvalue weighted by atomic mass is 16.5. The average molecular weight is 212 g/mol. The van der Waals surface area contributed by atoms with Crippen molar-refractivity contribution in [3.05, 3.63) is 22.2 Å². The SMILES string of the molecule is COc1cc(=O)[nH]c(C(C)(C)C(=O)O)n1. The van der Waals surface area contributed by atoms with Crippen LogP contribution in [0.3, 0.4) is 0 Å². The fourth-order valence-electron chi connectivity index (χ4n) is 0.937. The van der Waals surface area contributed by atoms with Gasteiger partial charge in [0.1, 0.15) is 11.2 Å². The van der Waals surface area contributed by atoms with Crippen LogP contribution in [0.1, 0.15) is 19.7 Å². The van der Waals surface area contributed by atoms with Gasteiger partial charge in [-0.05, 0) is 13.8 Å². The molecular formula is C9H12N2O4. The van der Waals surface area contributed by atoms with Crippen LogP contribution in [0.25, 0.3) is 0 Å². The molecule has 0 radical (unpaired) electrons. The van der Waals surface area contributed by atoms with E-state index < -0.39 is 16.9 Å². The molecule has 1 rings (SSSR count). The van der Waals surface area contributed by atoms with E-state index in [9.17, 15) is 9.59 Å². The lowest BCUT2D eigenvalue weighted by Crippen LogP contribution is -2.33. The first kappa shape index (κ1) is 11.2. The Morgan fingerprint density at radius 3 is 2.67 bits per heavy atom. The Kier molecular flexibility index (Phi) is 2.78. The summed E-state index contributed by atoms with van der Waals surface area (Å²) in [5.41, 5.74) is -1.69. The number of nitrogens with one attached hydrogen (secondary N) is 1. The number of hydrogen-bond acceptors (Lipinski definition) is 4. The first-order valence-electron chi connectivity index (χ1n) is 4.27. The fourth-order valence-corrected chi connectivity index (χ4v) is 0.937. The number of hydrogen-bond donors (Lipinski definition) is 2. The van der Waals surface area contributed by atoms with E-state index in [1.807, 2.05) is 0 Å². The molecule has 0 fully saturated rings. The van der Waals surface area contributed by atoms with Gasteiger partial charge in [-0.25, -0.2) is 0 Å². The van der Waals surface area contributed by atoms with Crippen molar-refractivity contribution in [1.29, 1.82) is 0 Å². The molecule has 0 aliphatic heterocycles. The number of aromatic nitrogens is 2. The third kappa shape index (κ3) is 2.15. The topological polar surface area (TPSA) is 92.3 Å². The van der Waals surface area contributed by atoms with Crippen molar-refractivity contribution in [2.75, 3.05) is 7.11 Å². The maximum atomic E-state index is 11.2. The van der Waals surface area contributed by atoms with Crippen molar-refractivity contribution in [3.63, 3.8) is 0 Å². The predicted octanol–water partition coefficient (Wildman–Crippen LogP) is 0.141. The molecular weight excluding hydrogens is 200 g/mol. The number of carboxylic acid groups (broad SMARTS) is 1. The minimum atomic E-state index is -1.26. The highest BCUT2D eigenvalue weighted by molar-refractivity contribution is 5.78. The van der Waals surface area contributed by atoms with Crippen molar-refractivity contribution in [1.82, 2.24) is 9.97 Å². The monoisotopic (exact) mass is 212 g/mol. The summed E-state index contributed by atoms with van der Waals surface area (Å²) in [4.78, 5) is 28.4. The van der Waals surface area contributed by atoms with Crippen LogP contribution in [-0.2, 0) is 10.2 Å². The van der Waals surface area contributed by atoms with Gasteiger partial charge in [0.2, 0.25) is 5.88 Å². The summed E-state index contributed by atoms with van der Waals surface area (Å²) in [5.74, 6) is -0.902. The fraction of sp³-hybridized carbons (Fsp3) is 0.444. The molecule has 0 unspecified atom stereocenters. The van der Waals surface area contributed by atoms with Gasteiger partial charge < -0.3 is 14.8 Å². The van der Waals surface area contributed by atoms with Crippen molar-refractivity contribution >= 4 is 5.97 Å². The maximum Gasteiger partial charge on any atom is 0.316 e. The number of rotatable bonds is 3. The number of aliphatic carboxylic acids is 1. The van der Waals surface area contributed by atoms with Gasteiger partial charge in [-0.2, -0.15) is 4.98 Å². The van der Waals surface area contributed by atoms with Crippen molar-refractivity contribution in [2.45, 2.75) is 19.3 Å². The van der Waals surface area contributed by atoms with E-state index in [4.69, 9.17) is 9.84 Å². The number of H-pyrrole nitrogens is 1. The third-order valence-electron chi connectivity index (χ3n) is 2.05. The average Bonchev–Trinajstić information content (AvgIpc) is 2.16. The predicted molar refractivity (Wildman–Crippen MR) is 52.1 cm³/mol. The molecule has 2 N–H and O–H groups in total. The Morgan fingerprint density at radius 1 is 1.60 bits per heavy atom. The van der Waals surface area contributed by atoms with Crippen LogP contribution < -0.4 is 10.3 Å². The van der Waals surface area contributed by atoms with Crippen LogP contribution in [-0.4, -0.2) is 28.2 Å². The molecule has 0 bridgehead atoms. The number of ether oxygens (including phenoxy) is 1. The van der Waals surface area contributed by atoms with E-state index in [0.29, 0.717) is 0 Å². The molecule has 0 saturated heterocycles. The zero-order valence-electron chi connectivity index (χ0n) is 8.70. The zero-order valence-corrected chi connectivity index (χ0v) is 8.70. The van der Waals surface area contributed by atoms with Crippen LogP contribution in [0.2, 0.25) is 0 Å². The first-order valence-corrected chi connectivity index (χ1v) is 4.27. The molecule has 6 heteroatoms. The molecule has 0 amide bonds. The second-order valence-corrected chi connectivity index (χ2v) is 3.57. The minimum Gasteiger partial charge on any atom is -0.481 e. The lowest BCUT2D eigenvalue weighted by atomic mass is 9.93. The lowest BCUT2D eigenvalue weighted by molar-refractivity contribution is -0.142. The number of methoxy groups -OCH3 is 1. The molecule has 1 aromatic rings. The third-order valence-corrected chi connectivity index (χ3v) is 2.05. The van der Waals surface area contributed by atoms with Gasteiger partial charge in [-0.1, -0.05) is 0 Å². The Hall–Kier alpha value is -1.85. The van der Waals surface area contributed by atoms with Gasteiger partial charge in [-0.3, -0.25) is 9.59 Å². The van der Waals surface area contributed by atoms with Gasteiger partial charge in [0.05, 0.1) is 13.2 Å². The normalized spacial score (nSPS) is 11.1. The standard InChI is InChI=1S/C9H12N2O4/c1-9(2,8(13)14)7-10-5(12)4-6(11-7)15-3/h4H,1-3H3,(H,13,14)(H,10,11,12). The molecule has 0 aromatic carbocycles. The lowest BCUT2D eigenvalue weighted by Gasteiger charge is -2.17. The zero-order chi connectivity index (χ0) is 11.6. The van der Waals surface area contributed by atoms with Gasteiger partial charge in [0, 0.05) is 0 Å². The van der Waals surface area contributed by atoms with Crippen LogP contribution >= 0.6 is 0 Å². The Bertz CT molecular complexity index is 436. The second-order valence-electron chi connectivity index (χ2n) is 3.57. The minimum absolute atomic E-state index is 0.0688. The van der Waals surface area contributed by atoms with E-state index in [1.165, 1.54) is 21.0 Å². The summed E-state index contributed by atoms with van der Waals surface area (Å²) < 4.78 is 4.79. The van der Waals surface area contributed by atoms with E-state index in [0.717, 1.165) is 6.07 Å². The largest absolute Gasteiger partial charge is 0.481 e. The maximum absolute atomic E-state index is 11.2. The van der Waals surface area contributed by atoms with Crippen molar-refractivity contribution in [2.24, 2.45) is 0 Å². The molecule has 0 spiro atoms. The van der Waals surface area contributed by atoms with E-state index in [2.05, 4.69) is 9.97 Å². The molecule has 15 heavy (non-hydrogen) atoms. The summed E-state index contributed by atoms with van der Waals surface area (Å²) >= 11 is 0. The number of carboxylic acids is 1. The summed E-state index contributed by atoms with van der Waals surface area (Å²) in [6, 6.07) is 1.15. The summed E-state index contributed by atoms with van der Waals surface area (Å²) in [7, 11) is 1.36. The van der Waals surface area contributed by atoms with Crippen LogP contribution in [0, 0.1) is 0 Å². The van der Waals surface area contributed by atoms with Gasteiger partial charge >= 0.3 is 5.97 Å². The van der Waals surface area contributed by atoms with E-state index in [1.54, 1.807) is 0 Å². The highest BCUT2D eigenvalue weighted by Gasteiger charge is 2.32. The van der Waals surface area contributed by atoms with E-state index in [-0.39, 0.29) is 11.7 Å². The number of carbonyl (C=O) groups is 1. The number of nitrogens with zero attached hydrogens (tertiary/aromatic N) is 1. The quantitative estimate of drug-likeness (QED) is 0.743. The summed E-state index contributed by atoms with van der Waals surface area (Å²) in [5, 5.41) is 8.95. The molecule has 0 saturated carbocycles. The van der Waals surface area contributed by atoms with Crippen molar-refractivity contribution in [3.8, 4) is 5.88 Å². The second kappa shape index (κ2) is 3.72.